The number of hydrogen-bond donors (Lipinski definition) is 1. The lowest BCUT2D eigenvalue weighted by atomic mass is 10.1. The third-order valence-corrected chi connectivity index (χ3v) is 3.71. The first kappa shape index (κ1) is 12.8. The van der Waals surface area contributed by atoms with Crippen LogP contribution in [-0.4, -0.2) is 12.2 Å². The van der Waals surface area contributed by atoms with Crippen LogP contribution in [0.2, 0.25) is 0 Å². The van der Waals surface area contributed by atoms with Crippen molar-refractivity contribution < 1.29 is 9.84 Å². The number of methoxy groups -OCH3 is 1. The molecule has 2 aromatic rings. The van der Waals surface area contributed by atoms with Gasteiger partial charge in [-0.05, 0) is 48.4 Å². The maximum absolute atomic E-state index is 9.24. The molecule has 0 bridgehead atoms. The van der Waals surface area contributed by atoms with Gasteiger partial charge in [-0.15, -0.1) is 0 Å². The van der Waals surface area contributed by atoms with E-state index < -0.39 is 0 Å². The summed E-state index contributed by atoms with van der Waals surface area (Å²) in [6, 6.07) is 13.4. The van der Waals surface area contributed by atoms with E-state index in [0.717, 1.165) is 22.0 Å². The first-order valence-corrected chi connectivity index (χ1v) is 6.68. The third kappa shape index (κ3) is 2.99. The molecule has 0 radical (unpaired) electrons. The van der Waals surface area contributed by atoms with Crippen molar-refractivity contribution >= 4 is 11.8 Å². The number of phenolic OH excluding ortho intramolecular Hbond substituents is 1. The van der Waals surface area contributed by atoms with Gasteiger partial charge in [0.25, 0.3) is 0 Å². The zero-order valence-electron chi connectivity index (χ0n) is 10.5. The number of aromatic hydroxyl groups is 1. The van der Waals surface area contributed by atoms with Crippen LogP contribution in [-0.2, 0) is 6.42 Å². The summed E-state index contributed by atoms with van der Waals surface area (Å²) in [5, 5.41) is 9.24. The molecule has 0 unspecified atom stereocenters. The summed E-state index contributed by atoms with van der Waals surface area (Å²) in [5.41, 5.74) is 1.22. The molecule has 0 amide bonds. The number of phenols is 1. The lowest BCUT2D eigenvalue weighted by molar-refractivity contribution is 0.409. The highest BCUT2D eigenvalue weighted by atomic mass is 32.2. The summed E-state index contributed by atoms with van der Waals surface area (Å²) >= 11 is 1.65. The van der Waals surface area contributed by atoms with Crippen molar-refractivity contribution in [1.82, 2.24) is 0 Å². The molecule has 0 aromatic heterocycles. The van der Waals surface area contributed by atoms with E-state index in [1.807, 2.05) is 12.1 Å². The minimum absolute atomic E-state index is 0.290. The van der Waals surface area contributed by atoms with Crippen LogP contribution in [0.1, 0.15) is 12.5 Å². The third-order valence-electron chi connectivity index (χ3n) is 2.71. The Balaban J connectivity index is 2.21. The Morgan fingerprint density at radius 3 is 2.33 bits per heavy atom. The standard InChI is InChI=1S/C15H16O2S/c1-3-11-4-7-14(10-15(11)17-2)18-13-8-5-12(16)6-9-13/h4-10,16H,3H2,1-2H3. The molecule has 3 heteroatoms. The van der Waals surface area contributed by atoms with E-state index in [9.17, 15) is 5.11 Å². The maximum Gasteiger partial charge on any atom is 0.123 e. The Labute approximate surface area is 112 Å². The van der Waals surface area contributed by atoms with Crippen LogP contribution in [0.25, 0.3) is 0 Å². The molecule has 0 aliphatic carbocycles. The fourth-order valence-electron chi connectivity index (χ4n) is 1.73. The highest BCUT2D eigenvalue weighted by Gasteiger charge is 2.04. The molecule has 0 saturated carbocycles. The highest BCUT2D eigenvalue weighted by molar-refractivity contribution is 7.99. The van der Waals surface area contributed by atoms with Gasteiger partial charge in [-0.25, -0.2) is 0 Å². The molecule has 2 rings (SSSR count). The molecule has 2 nitrogen and oxygen atoms in total. The molecular weight excluding hydrogens is 244 g/mol. The average Bonchev–Trinajstić information content (AvgIpc) is 2.41. The van der Waals surface area contributed by atoms with Crippen molar-refractivity contribution in [2.24, 2.45) is 0 Å². The summed E-state index contributed by atoms with van der Waals surface area (Å²) in [6.07, 6.45) is 0.966. The second-order valence-electron chi connectivity index (χ2n) is 3.92. The van der Waals surface area contributed by atoms with Crippen molar-refractivity contribution in [2.75, 3.05) is 7.11 Å². The number of hydrogen-bond acceptors (Lipinski definition) is 3. The Hall–Kier alpha value is -1.61. The molecular formula is C15H16O2S. The van der Waals surface area contributed by atoms with E-state index in [-0.39, 0.29) is 0 Å². The lowest BCUT2D eigenvalue weighted by Crippen LogP contribution is -1.90. The van der Waals surface area contributed by atoms with E-state index in [2.05, 4.69) is 25.1 Å². The first-order valence-electron chi connectivity index (χ1n) is 5.86. The van der Waals surface area contributed by atoms with Crippen molar-refractivity contribution in [2.45, 2.75) is 23.1 Å². The van der Waals surface area contributed by atoms with Crippen LogP contribution >= 0.6 is 11.8 Å². The molecule has 2 aromatic carbocycles. The Morgan fingerprint density at radius 2 is 1.72 bits per heavy atom. The van der Waals surface area contributed by atoms with Gasteiger partial charge in [0, 0.05) is 9.79 Å². The van der Waals surface area contributed by atoms with Crippen molar-refractivity contribution in [3.63, 3.8) is 0 Å². The van der Waals surface area contributed by atoms with E-state index in [1.54, 1.807) is 31.0 Å². The van der Waals surface area contributed by atoms with E-state index in [1.165, 1.54) is 5.56 Å². The summed E-state index contributed by atoms with van der Waals surface area (Å²) in [4.78, 5) is 2.23. The Kier molecular flexibility index (Phi) is 4.15. The number of ether oxygens (including phenoxy) is 1. The number of aryl methyl sites for hydroxylation is 1. The summed E-state index contributed by atoms with van der Waals surface area (Å²) < 4.78 is 5.38. The van der Waals surface area contributed by atoms with Gasteiger partial charge in [0.15, 0.2) is 0 Å². The molecule has 1 N–H and O–H groups in total. The molecule has 0 aliphatic rings. The fourth-order valence-corrected chi connectivity index (χ4v) is 2.58. The summed E-state index contributed by atoms with van der Waals surface area (Å²) in [5.74, 6) is 1.22. The normalized spacial score (nSPS) is 10.3. The first-order chi connectivity index (χ1) is 8.72. The quantitative estimate of drug-likeness (QED) is 0.897. The van der Waals surface area contributed by atoms with Gasteiger partial charge < -0.3 is 9.84 Å². The molecule has 0 atom stereocenters. The van der Waals surface area contributed by atoms with E-state index in [4.69, 9.17) is 4.74 Å². The molecule has 0 saturated heterocycles. The smallest absolute Gasteiger partial charge is 0.123 e. The van der Waals surface area contributed by atoms with Crippen LogP contribution in [0.5, 0.6) is 11.5 Å². The van der Waals surface area contributed by atoms with Crippen molar-refractivity contribution in [3.05, 3.63) is 48.0 Å². The van der Waals surface area contributed by atoms with Gasteiger partial charge in [0.1, 0.15) is 11.5 Å². The lowest BCUT2D eigenvalue weighted by Gasteiger charge is -2.09. The fraction of sp³-hybridized carbons (Fsp3) is 0.200. The largest absolute Gasteiger partial charge is 0.508 e. The van der Waals surface area contributed by atoms with Crippen molar-refractivity contribution in [3.8, 4) is 11.5 Å². The number of rotatable bonds is 4. The Bertz CT molecular complexity index is 521. The van der Waals surface area contributed by atoms with Crippen LogP contribution in [0.4, 0.5) is 0 Å². The molecule has 18 heavy (non-hydrogen) atoms. The number of benzene rings is 2. The van der Waals surface area contributed by atoms with Crippen LogP contribution in [0, 0.1) is 0 Å². The second kappa shape index (κ2) is 5.83. The monoisotopic (exact) mass is 260 g/mol. The predicted octanol–water partition coefficient (Wildman–Crippen LogP) is 4.11. The highest BCUT2D eigenvalue weighted by Crippen LogP contribution is 2.32. The van der Waals surface area contributed by atoms with Crippen LogP contribution in [0.15, 0.2) is 52.3 Å². The van der Waals surface area contributed by atoms with Crippen LogP contribution in [0.3, 0.4) is 0 Å². The zero-order valence-corrected chi connectivity index (χ0v) is 11.3. The van der Waals surface area contributed by atoms with Crippen LogP contribution < -0.4 is 4.74 Å². The van der Waals surface area contributed by atoms with Gasteiger partial charge in [-0.3, -0.25) is 0 Å². The predicted molar refractivity (Wildman–Crippen MR) is 74.6 cm³/mol. The Morgan fingerprint density at radius 1 is 1.06 bits per heavy atom. The SMILES string of the molecule is CCc1ccc(Sc2ccc(O)cc2)cc1OC. The topological polar surface area (TPSA) is 29.5 Å². The summed E-state index contributed by atoms with van der Waals surface area (Å²) in [7, 11) is 1.70. The van der Waals surface area contributed by atoms with Gasteiger partial charge in [0.2, 0.25) is 0 Å². The molecule has 0 spiro atoms. The minimum atomic E-state index is 0.290. The summed E-state index contributed by atoms with van der Waals surface area (Å²) in [6.45, 7) is 2.12. The second-order valence-corrected chi connectivity index (χ2v) is 5.07. The molecule has 0 fully saturated rings. The molecule has 0 aliphatic heterocycles. The average molecular weight is 260 g/mol. The molecule has 94 valence electrons. The van der Waals surface area contributed by atoms with Gasteiger partial charge in [0.05, 0.1) is 7.11 Å². The van der Waals surface area contributed by atoms with Crippen molar-refractivity contribution in [1.29, 1.82) is 0 Å². The molecule has 0 heterocycles. The van der Waals surface area contributed by atoms with E-state index >= 15 is 0 Å². The van der Waals surface area contributed by atoms with Gasteiger partial charge >= 0.3 is 0 Å². The van der Waals surface area contributed by atoms with Gasteiger partial charge in [-0.2, -0.15) is 0 Å². The minimum Gasteiger partial charge on any atom is -0.508 e. The zero-order chi connectivity index (χ0) is 13.0. The maximum atomic E-state index is 9.24. The van der Waals surface area contributed by atoms with E-state index in [0.29, 0.717) is 5.75 Å². The van der Waals surface area contributed by atoms with Gasteiger partial charge in [-0.1, -0.05) is 24.8 Å².